The predicted octanol–water partition coefficient (Wildman–Crippen LogP) is 3.80. The van der Waals surface area contributed by atoms with Crippen LogP contribution in [-0.4, -0.2) is 24.0 Å². The van der Waals surface area contributed by atoms with Gasteiger partial charge in [0.1, 0.15) is 12.9 Å². The Morgan fingerprint density at radius 1 is 1.15 bits per heavy atom. The van der Waals surface area contributed by atoms with Gasteiger partial charge in [-0.2, -0.15) is 0 Å². The molecule has 1 fully saturated rings. The van der Waals surface area contributed by atoms with Crippen LogP contribution < -0.4 is 0 Å². The number of hydrogen-bond donors (Lipinski definition) is 0. The van der Waals surface area contributed by atoms with E-state index in [2.05, 4.69) is 9.72 Å². The molecule has 0 spiro atoms. The highest BCUT2D eigenvalue weighted by Gasteiger charge is 2.30. The smallest absolute Gasteiger partial charge is 0.309 e. The molecule has 0 N–H and O–H groups in total. The molecule has 0 saturated heterocycles. The van der Waals surface area contributed by atoms with Crippen LogP contribution in [0.15, 0.2) is 41.0 Å². The van der Waals surface area contributed by atoms with E-state index in [4.69, 9.17) is 9.15 Å². The van der Waals surface area contributed by atoms with Crippen LogP contribution in [0.4, 0.5) is 0 Å². The van der Waals surface area contributed by atoms with Crippen molar-refractivity contribution in [2.75, 3.05) is 7.11 Å². The second kappa shape index (κ2) is 9.35. The number of aryl methyl sites for hydroxylation is 1. The summed E-state index contributed by atoms with van der Waals surface area (Å²) >= 11 is 0. The van der Waals surface area contributed by atoms with E-state index < -0.39 is 0 Å². The maximum atomic E-state index is 12.3. The maximum Gasteiger partial charge on any atom is 0.309 e. The number of nitrogens with zero attached hydrogens (tertiary/aromatic N) is 1. The largest absolute Gasteiger partial charge is 0.469 e. The molecule has 144 valence electrons. The highest BCUT2D eigenvalue weighted by molar-refractivity contribution is 5.72. The number of methoxy groups -OCH3 is 1. The highest BCUT2D eigenvalue weighted by Crippen LogP contribution is 2.36. The molecule has 27 heavy (non-hydrogen) atoms. The van der Waals surface area contributed by atoms with Crippen LogP contribution >= 0.6 is 0 Å². The topological polar surface area (TPSA) is 78.6 Å². The first-order valence-corrected chi connectivity index (χ1v) is 9.37. The van der Waals surface area contributed by atoms with E-state index in [0.717, 1.165) is 36.9 Å². The number of carbonyl (C=O) groups excluding carboxylic acids is 2. The third-order valence-corrected chi connectivity index (χ3v) is 5.02. The second-order valence-corrected chi connectivity index (χ2v) is 6.90. The summed E-state index contributed by atoms with van der Waals surface area (Å²) in [6, 6.07) is 9.71. The summed E-state index contributed by atoms with van der Waals surface area (Å²) in [6.45, 7) is 0.322. The number of carbonyl (C=O) groups is 2. The summed E-state index contributed by atoms with van der Waals surface area (Å²) in [6.07, 6.45) is 5.67. The minimum absolute atomic E-state index is 0.0567. The van der Waals surface area contributed by atoms with E-state index in [-0.39, 0.29) is 23.8 Å². The van der Waals surface area contributed by atoms with Crippen molar-refractivity contribution in [1.29, 1.82) is 0 Å². The van der Waals surface area contributed by atoms with Gasteiger partial charge in [-0.1, -0.05) is 30.3 Å². The highest BCUT2D eigenvalue weighted by atomic mass is 16.5. The summed E-state index contributed by atoms with van der Waals surface area (Å²) in [5, 5.41) is 0. The Labute approximate surface area is 158 Å². The van der Waals surface area contributed by atoms with Gasteiger partial charge in [-0.25, -0.2) is 4.98 Å². The van der Waals surface area contributed by atoms with Gasteiger partial charge in [0.15, 0.2) is 5.89 Å². The first-order chi connectivity index (χ1) is 13.2. The third-order valence-electron chi connectivity index (χ3n) is 5.02. The van der Waals surface area contributed by atoms with Gasteiger partial charge in [0, 0.05) is 12.3 Å². The summed E-state index contributed by atoms with van der Waals surface area (Å²) in [7, 11) is 1.37. The van der Waals surface area contributed by atoms with E-state index in [1.807, 2.05) is 30.3 Å². The normalized spacial score (nSPS) is 19.4. The Hall–Kier alpha value is -2.63. The van der Waals surface area contributed by atoms with Gasteiger partial charge in [0.2, 0.25) is 0 Å². The van der Waals surface area contributed by atoms with Crippen molar-refractivity contribution in [3.05, 3.63) is 53.7 Å². The zero-order valence-corrected chi connectivity index (χ0v) is 15.6. The molecule has 6 heteroatoms. The van der Waals surface area contributed by atoms with E-state index in [1.165, 1.54) is 7.11 Å². The van der Waals surface area contributed by atoms with Crippen molar-refractivity contribution >= 4 is 11.9 Å². The average molecular weight is 371 g/mol. The van der Waals surface area contributed by atoms with Gasteiger partial charge in [0.25, 0.3) is 0 Å². The van der Waals surface area contributed by atoms with E-state index in [9.17, 15) is 9.59 Å². The molecule has 0 bridgehead atoms. The van der Waals surface area contributed by atoms with E-state index in [0.29, 0.717) is 25.3 Å². The number of oxazole rings is 1. The lowest BCUT2D eigenvalue weighted by atomic mass is 9.82. The third kappa shape index (κ3) is 5.42. The van der Waals surface area contributed by atoms with Crippen molar-refractivity contribution < 1.29 is 23.5 Å². The molecule has 0 amide bonds. The minimum atomic E-state index is -0.255. The molecule has 1 aromatic heterocycles. The SMILES string of the molecule is COC(=O)CCc1coc(C2CCC(C(=O)OCc3ccccc3)CC2)n1. The molecular weight excluding hydrogens is 346 g/mol. The van der Waals surface area contributed by atoms with Crippen LogP contribution in [0, 0.1) is 5.92 Å². The van der Waals surface area contributed by atoms with Crippen molar-refractivity contribution in [2.24, 2.45) is 5.92 Å². The molecule has 1 aliphatic carbocycles. The molecule has 0 aliphatic heterocycles. The van der Waals surface area contributed by atoms with Crippen LogP contribution in [0.25, 0.3) is 0 Å². The van der Waals surface area contributed by atoms with Crippen LogP contribution in [0.2, 0.25) is 0 Å². The number of rotatable bonds is 7. The van der Waals surface area contributed by atoms with Gasteiger partial charge in [0.05, 0.1) is 25.1 Å². The van der Waals surface area contributed by atoms with Crippen molar-refractivity contribution in [3.8, 4) is 0 Å². The Morgan fingerprint density at radius 3 is 2.59 bits per heavy atom. The number of esters is 2. The first kappa shape index (κ1) is 19.1. The zero-order valence-electron chi connectivity index (χ0n) is 15.6. The summed E-state index contributed by atoms with van der Waals surface area (Å²) < 4.78 is 15.7. The standard InChI is InChI=1S/C21H25NO5/c1-25-19(23)12-11-18-14-26-20(22-18)16-7-9-17(10-8-16)21(24)27-13-15-5-3-2-4-6-15/h2-6,14,16-17H,7-13H2,1H3. The van der Waals surface area contributed by atoms with Crippen LogP contribution in [0.3, 0.4) is 0 Å². The van der Waals surface area contributed by atoms with Crippen LogP contribution in [0.1, 0.15) is 55.2 Å². The van der Waals surface area contributed by atoms with Crippen molar-refractivity contribution in [1.82, 2.24) is 4.98 Å². The van der Waals surface area contributed by atoms with Crippen molar-refractivity contribution in [2.45, 2.75) is 51.0 Å². The summed E-state index contributed by atoms with van der Waals surface area (Å²) in [4.78, 5) is 28.0. The maximum absolute atomic E-state index is 12.3. The quantitative estimate of drug-likeness (QED) is 0.689. The fraction of sp³-hybridized carbons (Fsp3) is 0.476. The number of aromatic nitrogens is 1. The lowest BCUT2D eigenvalue weighted by Gasteiger charge is -2.25. The molecule has 0 atom stereocenters. The zero-order chi connectivity index (χ0) is 19.1. The Kier molecular flexibility index (Phi) is 6.63. The lowest BCUT2D eigenvalue weighted by Crippen LogP contribution is -2.23. The second-order valence-electron chi connectivity index (χ2n) is 6.90. The number of ether oxygens (including phenoxy) is 2. The Bertz CT molecular complexity index is 747. The Morgan fingerprint density at radius 2 is 1.89 bits per heavy atom. The molecule has 0 radical (unpaired) electrons. The molecule has 1 heterocycles. The molecule has 0 unspecified atom stereocenters. The fourth-order valence-corrected chi connectivity index (χ4v) is 3.38. The molecule has 3 rings (SSSR count). The molecule has 2 aromatic rings. The number of hydrogen-bond acceptors (Lipinski definition) is 6. The number of benzene rings is 1. The minimum Gasteiger partial charge on any atom is -0.469 e. The van der Waals surface area contributed by atoms with Crippen LogP contribution in [-0.2, 0) is 32.1 Å². The predicted molar refractivity (Wildman–Crippen MR) is 97.8 cm³/mol. The van der Waals surface area contributed by atoms with Gasteiger partial charge in [-0.3, -0.25) is 9.59 Å². The molecule has 1 aliphatic rings. The fourth-order valence-electron chi connectivity index (χ4n) is 3.38. The monoisotopic (exact) mass is 371 g/mol. The van der Waals surface area contributed by atoms with Crippen molar-refractivity contribution in [3.63, 3.8) is 0 Å². The molecule has 1 saturated carbocycles. The summed E-state index contributed by atoms with van der Waals surface area (Å²) in [5.74, 6) is 0.484. The van der Waals surface area contributed by atoms with E-state index in [1.54, 1.807) is 6.26 Å². The molecule has 1 aromatic carbocycles. The van der Waals surface area contributed by atoms with Crippen LogP contribution in [0.5, 0.6) is 0 Å². The lowest BCUT2D eigenvalue weighted by molar-refractivity contribution is -0.151. The van der Waals surface area contributed by atoms with Gasteiger partial charge in [-0.15, -0.1) is 0 Å². The summed E-state index contributed by atoms with van der Waals surface area (Å²) in [5.41, 5.74) is 1.76. The van der Waals surface area contributed by atoms with Gasteiger partial charge < -0.3 is 13.9 Å². The van der Waals surface area contributed by atoms with Gasteiger partial charge in [-0.05, 0) is 31.2 Å². The van der Waals surface area contributed by atoms with E-state index >= 15 is 0 Å². The molecular formula is C21H25NO5. The van der Waals surface area contributed by atoms with Gasteiger partial charge >= 0.3 is 11.9 Å². The molecule has 6 nitrogen and oxygen atoms in total. The first-order valence-electron chi connectivity index (χ1n) is 9.37. The Balaban J connectivity index is 1.44. The average Bonchev–Trinajstić information content (AvgIpc) is 3.20.